The van der Waals surface area contributed by atoms with Crippen molar-refractivity contribution in [3.63, 3.8) is 0 Å². The van der Waals surface area contributed by atoms with Crippen LogP contribution >= 0.6 is 0 Å². The number of imidazole rings is 1. The van der Waals surface area contributed by atoms with E-state index in [1.54, 1.807) is 32.7 Å². The maximum Gasteiger partial charge on any atom is 0.256 e. The zero-order valence-electron chi connectivity index (χ0n) is 40.5. The number of carbonyl (C=O) groups is 1. The lowest BCUT2D eigenvalue weighted by Crippen LogP contribution is -2.63. The summed E-state index contributed by atoms with van der Waals surface area (Å²) in [6, 6.07) is 36.2. The Morgan fingerprint density at radius 1 is 0.746 bits per heavy atom. The predicted molar refractivity (Wildman–Crippen MR) is 266 cm³/mol. The standard InChI is InChI=1S/C54H68N6O6Si/c1-38(2)67(39(3)4,40(5)6)65-35-53(34-64-54(42-20-14-10-15-21-42,43-24-28-46(62-7)29-25-43)44-26-30-47(63-8)31-27-44)33-59(45-22-16-11-17-23-45)32-48(66-53)60-37-57-49-50(55-36-56-51(49)60)58-52(61)41-18-12-9-13-19-41/h9-10,12-15,18-21,24-31,36-40,45,48H,11,16-17,22-23,32-35H2,1-8H3,(H,55,56,58,61)/t48-,53+/m1/s1. The minimum absolute atomic E-state index is 0.179. The summed E-state index contributed by atoms with van der Waals surface area (Å²) < 4.78 is 36.6. The van der Waals surface area contributed by atoms with Crippen LogP contribution in [0.4, 0.5) is 5.82 Å². The first kappa shape index (κ1) is 48.0. The van der Waals surface area contributed by atoms with E-state index in [9.17, 15) is 4.79 Å². The molecule has 3 heterocycles. The minimum Gasteiger partial charge on any atom is -0.497 e. The van der Waals surface area contributed by atoms with Crippen molar-refractivity contribution in [3.05, 3.63) is 144 Å². The van der Waals surface area contributed by atoms with Gasteiger partial charge in [-0.05, 0) is 82.6 Å². The molecule has 1 N–H and O–H groups in total. The fourth-order valence-corrected chi connectivity index (χ4v) is 16.6. The Morgan fingerprint density at radius 2 is 1.31 bits per heavy atom. The molecule has 2 atom stereocenters. The maximum absolute atomic E-state index is 13.4. The smallest absolute Gasteiger partial charge is 0.256 e. The van der Waals surface area contributed by atoms with Gasteiger partial charge in [0, 0.05) is 24.7 Å². The summed E-state index contributed by atoms with van der Waals surface area (Å²) in [6.07, 6.45) is 8.50. The third-order valence-corrected chi connectivity index (χ3v) is 20.4. The van der Waals surface area contributed by atoms with E-state index in [0.717, 1.165) is 41.0 Å². The van der Waals surface area contributed by atoms with E-state index in [2.05, 4.69) is 105 Å². The van der Waals surface area contributed by atoms with Crippen LogP contribution in [0.3, 0.4) is 0 Å². The van der Waals surface area contributed by atoms with Crippen LogP contribution in [0, 0.1) is 0 Å². The van der Waals surface area contributed by atoms with Gasteiger partial charge in [-0.25, -0.2) is 15.0 Å². The Bertz CT molecular complexity index is 2460. The van der Waals surface area contributed by atoms with Gasteiger partial charge in [0.2, 0.25) is 0 Å². The van der Waals surface area contributed by atoms with Gasteiger partial charge in [-0.15, -0.1) is 0 Å². The molecule has 0 radical (unpaired) electrons. The normalized spacial score (nSPS) is 18.8. The molecule has 67 heavy (non-hydrogen) atoms. The number of morpholine rings is 1. The lowest BCUT2D eigenvalue weighted by Gasteiger charge is -2.52. The Balaban J connectivity index is 1.28. The Kier molecular flexibility index (Phi) is 14.9. The number of carbonyl (C=O) groups excluding carboxylic acids is 1. The van der Waals surface area contributed by atoms with E-state index >= 15 is 0 Å². The van der Waals surface area contributed by atoms with Gasteiger partial charge >= 0.3 is 0 Å². The highest BCUT2D eigenvalue weighted by Gasteiger charge is 2.52. The van der Waals surface area contributed by atoms with E-state index in [4.69, 9.17) is 33.3 Å². The Morgan fingerprint density at radius 3 is 1.88 bits per heavy atom. The van der Waals surface area contributed by atoms with Gasteiger partial charge in [-0.2, -0.15) is 0 Å². The maximum atomic E-state index is 13.4. The van der Waals surface area contributed by atoms with Gasteiger partial charge in [0.25, 0.3) is 5.91 Å². The second-order valence-corrected chi connectivity index (χ2v) is 24.7. The molecule has 6 aromatic rings. The number of amides is 1. The molecule has 1 aliphatic carbocycles. The number of ether oxygens (including phenoxy) is 4. The minimum atomic E-state index is -2.45. The molecule has 0 spiro atoms. The number of nitrogens with one attached hydrogen (secondary N) is 1. The molecule has 2 aliphatic rings. The summed E-state index contributed by atoms with van der Waals surface area (Å²) in [5.74, 6) is 1.57. The van der Waals surface area contributed by atoms with Gasteiger partial charge < -0.3 is 28.7 Å². The second kappa shape index (κ2) is 20.8. The highest BCUT2D eigenvalue weighted by Crippen LogP contribution is 2.47. The van der Waals surface area contributed by atoms with Crippen molar-refractivity contribution in [2.75, 3.05) is 45.8 Å². The van der Waals surface area contributed by atoms with Crippen molar-refractivity contribution in [1.82, 2.24) is 24.4 Å². The van der Waals surface area contributed by atoms with Crippen molar-refractivity contribution in [2.24, 2.45) is 0 Å². The van der Waals surface area contributed by atoms with Crippen molar-refractivity contribution >= 4 is 31.2 Å². The zero-order chi connectivity index (χ0) is 47.2. The first-order chi connectivity index (χ1) is 32.4. The summed E-state index contributed by atoms with van der Waals surface area (Å²) in [4.78, 5) is 30.2. The number of anilines is 1. The van der Waals surface area contributed by atoms with Crippen molar-refractivity contribution in [2.45, 2.75) is 114 Å². The highest BCUT2D eigenvalue weighted by molar-refractivity contribution is 6.77. The van der Waals surface area contributed by atoms with Crippen LogP contribution in [-0.4, -0.2) is 90.8 Å². The molecule has 0 unspecified atom stereocenters. The topological polar surface area (TPSA) is 122 Å². The van der Waals surface area contributed by atoms with Crippen molar-refractivity contribution < 1.29 is 28.2 Å². The number of fused-ring (bicyclic) bond motifs is 1. The van der Waals surface area contributed by atoms with Crippen molar-refractivity contribution in [1.29, 1.82) is 0 Å². The summed E-state index contributed by atoms with van der Waals surface area (Å²) in [6.45, 7) is 15.7. The van der Waals surface area contributed by atoms with Gasteiger partial charge in [-0.3, -0.25) is 14.3 Å². The van der Waals surface area contributed by atoms with Crippen LogP contribution in [0.15, 0.2) is 122 Å². The number of hydrogen-bond acceptors (Lipinski definition) is 10. The fraction of sp³-hybridized carbons (Fsp3) is 0.444. The van der Waals surface area contributed by atoms with Crippen LogP contribution < -0.4 is 14.8 Å². The molecule has 1 saturated heterocycles. The highest BCUT2D eigenvalue weighted by atomic mass is 28.4. The second-order valence-electron chi connectivity index (χ2n) is 19.2. The van der Waals surface area contributed by atoms with Gasteiger partial charge in [-0.1, -0.05) is 134 Å². The number of nitrogens with zero attached hydrogens (tertiary/aromatic N) is 5. The van der Waals surface area contributed by atoms with Crippen LogP contribution in [0.25, 0.3) is 11.2 Å². The number of benzene rings is 4. The Hall–Kier alpha value is -5.44. The molecule has 1 aliphatic heterocycles. The summed E-state index contributed by atoms with van der Waals surface area (Å²) >= 11 is 0. The van der Waals surface area contributed by atoms with Gasteiger partial charge in [0.15, 0.2) is 25.3 Å². The van der Waals surface area contributed by atoms with E-state index < -0.39 is 25.7 Å². The molecular formula is C54H68N6O6Si. The molecule has 1 amide bonds. The summed E-state index contributed by atoms with van der Waals surface area (Å²) in [7, 11) is 0.916. The number of hydrogen-bond donors (Lipinski definition) is 1. The first-order valence-electron chi connectivity index (χ1n) is 24.0. The van der Waals surface area contributed by atoms with E-state index in [-0.39, 0.29) is 12.5 Å². The zero-order valence-corrected chi connectivity index (χ0v) is 41.5. The monoisotopic (exact) mass is 924 g/mol. The molecule has 2 fully saturated rings. The molecule has 1 saturated carbocycles. The average Bonchev–Trinajstić information content (AvgIpc) is 3.81. The number of aromatic nitrogens is 4. The van der Waals surface area contributed by atoms with E-state index in [1.807, 2.05) is 53.1 Å². The van der Waals surface area contributed by atoms with Crippen molar-refractivity contribution in [3.8, 4) is 11.5 Å². The van der Waals surface area contributed by atoms with Gasteiger partial charge in [0.05, 0.1) is 33.8 Å². The molecule has 0 bridgehead atoms. The summed E-state index contributed by atoms with van der Waals surface area (Å²) in [5, 5.41) is 2.99. The SMILES string of the molecule is COc1ccc(C(OC[C@]2(CO[Si](C(C)C)(C(C)C)C(C)C)CN(C3CCCCC3)C[C@H](n3cnc4c(NC(=O)c5ccccc5)ncnc43)O2)(c2ccccc2)c2ccc(OC)cc2)cc1. The van der Waals surface area contributed by atoms with Crippen LogP contribution in [-0.2, 0) is 19.5 Å². The molecule has 2 aromatic heterocycles. The van der Waals surface area contributed by atoms with Crippen LogP contribution in [0.2, 0.25) is 16.6 Å². The quantitative estimate of drug-likeness (QED) is 0.0658. The molecule has 4 aromatic carbocycles. The average molecular weight is 925 g/mol. The van der Waals surface area contributed by atoms with E-state index in [0.29, 0.717) is 64.9 Å². The third-order valence-electron chi connectivity index (χ3n) is 14.3. The first-order valence-corrected chi connectivity index (χ1v) is 26.2. The van der Waals surface area contributed by atoms with E-state index in [1.165, 1.54) is 25.6 Å². The predicted octanol–water partition coefficient (Wildman–Crippen LogP) is 11.2. The number of methoxy groups -OCH3 is 2. The molecule has 354 valence electrons. The Labute approximate surface area is 397 Å². The van der Waals surface area contributed by atoms with Gasteiger partial charge in [0.1, 0.15) is 35.3 Å². The summed E-state index contributed by atoms with van der Waals surface area (Å²) in [5.41, 5.74) is 3.38. The lowest BCUT2D eigenvalue weighted by atomic mass is 9.79. The fourth-order valence-electron chi connectivity index (χ4n) is 11.1. The number of rotatable bonds is 18. The molecule has 12 nitrogen and oxygen atoms in total. The lowest BCUT2D eigenvalue weighted by molar-refractivity contribution is -0.233. The largest absolute Gasteiger partial charge is 0.497 e. The van der Waals surface area contributed by atoms with Crippen LogP contribution in [0.5, 0.6) is 11.5 Å². The third kappa shape index (κ3) is 9.80. The molecule has 8 rings (SSSR count). The molecular weight excluding hydrogens is 857 g/mol. The van der Waals surface area contributed by atoms with Crippen LogP contribution in [0.1, 0.15) is 107 Å². The molecule has 13 heteroatoms.